The molecule has 3 saturated heterocycles. The lowest BCUT2D eigenvalue weighted by molar-refractivity contribution is -0.136. The maximum absolute atomic E-state index is 14.1. The van der Waals surface area contributed by atoms with Crippen LogP contribution in [-0.4, -0.2) is 73.9 Å². The molecule has 7 heterocycles. The molecule has 0 saturated carbocycles. The molecule has 52 heavy (non-hydrogen) atoms. The van der Waals surface area contributed by atoms with E-state index in [0.29, 0.717) is 18.5 Å². The average molecular weight is 700 g/mol. The zero-order valence-electron chi connectivity index (χ0n) is 28.5. The Morgan fingerprint density at radius 1 is 0.827 bits per heavy atom. The van der Waals surface area contributed by atoms with E-state index in [0.717, 1.165) is 90.8 Å². The zero-order valence-corrected chi connectivity index (χ0v) is 28.5. The molecule has 12 nitrogen and oxygen atoms in total. The number of hydrogen-bond donors (Lipinski definition) is 2. The van der Waals surface area contributed by atoms with Crippen LogP contribution in [0.3, 0.4) is 0 Å². The van der Waals surface area contributed by atoms with Gasteiger partial charge in [0.05, 0.1) is 17.9 Å². The second kappa shape index (κ2) is 13.0. The Balaban J connectivity index is 0.863. The Morgan fingerprint density at radius 3 is 2.54 bits per heavy atom. The van der Waals surface area contributed by atoms with Crippen molar-refractivity contribution in [2.75, 3.05) is 34.8 Å². The number of hydrogen-bond acceptors (Lipinski definition) is 9. The van der Waals surface area contributed by atoms with Gasteiger partial charge in [0.2, 0.25) is 11.8 Å². The molecule has 264 valence electrons. The molecule has 3 amide bonds. The predicted octanol–water partition coefficient (Wildman–Crippen LogP) is 5.11. The van der Waals surface area contributed by atoms with Gasteiger partial charge in [-0.3, -0.25) is 19.7 Å². The van der Waals surface area contributed by atoms with Crippen molar-refractivity contribution in [3.63, 3.8) is 0 Å². The highest BCUT2D eigenvalue weighted by molar-refractivity contribution is 6.05. The van der Waals surface area contributed by atoms with Gasteiger partial charge in [0.1, 0.15) is 29.2 Å². The van der Waals surface area contributed by atoms with Crippen LogP contribution in [0.2, 0.25) is 0 Å². The van der Waals surface area contributed by atoms with E-state index < -0.39 is 11.9 Å². The van der Waals surface area contributed by atoms with E-state index in [1.54, 1.807) is 17.0 Å². The molecule has 2 N–H and O–H groups in total. The molecule has 9 rings (SSSR count). The molecule has 0 aliphatic carbocycles. The van der Waals surface area contributed by atoms with E-state index in [-0.39, 0.29) is 36.1 Å². The summed E-state index contributed by atoms with van der Waals surface area (Å²) in [6.07, 6.45) is 6.17. The van der Waals surface area contributed by atoms with Crippen molar-refractivity contribution in [1.29, 1.82) is 0 Å². The molecule has 13 heteroatoms. The number of aromatic nitrogens is 4. The van der Waals surface area contributed by atoms with Crippen molar-refractivity contribution in [2.24, 2.45) is 0 Å². The first-order valence-electron chi connectivity index (χ1n) is 18.0. The summed E-state index contributed by atoms with van der Waals surface area (Å²) in [5.41, 5.74) is 5.74. The number of carbonyl (C=O) groups is 3. The van der Waals surface area contributed by atoms with Gasteiger partial charge in [-0.05, 0) is 97.8 Å². The van der Waals surface area contributed by atoms with Crippen LogP contribution in [0.4, 0.5) is 21.7 Å². The van der Waals surface area contributed by atoms with Crippen LogP contribution in [-0.2, 0) is 16.1 Å². The number of anilines is 3. The summed E-state index contributed by atoms with van der Waals surface area (Å²) in [6.45, 7) is 2.85. The largest absolute Gasteiger partial charge is 0.382 e. The van der Waals surface area contributed by atoms with Crippen molar-refractivity contribution in [1.82, 2.24) is 29.8 Å². The summed E-state index contributed by atoms with van der Waals surface area (Å²) in [6, 6.07) is 22.3. The van der Waals surface area contributed by atoms with Gasteiger partial charge >= 0.3 is 0 Å². The third kappa shape index (κ3) is 5.89. The minimum absolute atomic E-state index is 0.0637. The molecule has 0 bridgehead atoms. The van der Waals surface area contributed by atoms with Gasteiger partial charge in [-0.1, -0.05) is 18.2 Å². The van der Waals surface area contributed by atoms with E-state index in [1.165, 1.54) is 6.07 Å². The maximum Gasteiger partial charge on any atom is 0.255 e. The summed E-state index contributed by atoms with van der Waals surface area (Å²) in [4.78, 5) is 53.0. The molecule has 5 aromatic rings. The molecule has 3 fully saturated rings. The van der Waals surface area contributed by atoms with Gasteiger partial charge in [0.15, 0.2) is 5.65 Å². The fraction of sp³-hybridized carbons (Fsp3) is 0.333. The van der Waals surface area contributed by atoms with E-state index >= 15 is 0 Å². The summed E-state index contributed by atoms with van der Waals surface area (Å²) in [5.74, 6) is 0.640. The van der Waals surface area contributed by atoms with Gasteiger partial charge in [0.25, 0.3) is 5.91 Å². The number of imidazole rings is 1. The third-order valence-electron chi connectivity index (χ3n) is 10.8. The Bertz CT molecular complexity index is 2210. The number of amides is 3. The smallest absolute Gasteiger partial charge is 0.255 e. The summed E-state index contributed by atoms with van der Waals surface area (Å²) < 4.78 is 15.9. The lowest BCUT2D eigenvalue weighted by Crippen LogP contribution is -2.52. The van der Waals surface area contributed by atoms with Gasteiger partial charge in [-0.25, -0.2) is 18.9 Å². The van der Waals surface area contributed by atoms with Crippen LogP contribution in [0.15, 0.2) is 79.0 Å². The number of carbonyl (C=O) groups excluding carboxylic acids is 3. The summed E-state index contributed by atoms with van der Waals surface area (Å²) >= 11 is 0. The van der Waals surface area contributed by atoms with Crippen molar-refractivity contribution in [3.05, 3.63) is 102 Å². The number of pyridine rings is 1. The highest BCUT2D eigenvalue weighted by Gasteiger charge is 2.39. The molecule has 0 radical (unpaired) electrons. The van der Waals surface area contributed by atoms with E-state index in [4.69, 9.17) is 10.1 Å². The van der Waals surface area contributed by atoms with Gasteiger partial charge in [-0.15, -0.1) is 5.10 Å². The molecular formula is C39H38FN9O3. The van der Waals surface area contributed by atoms with E-state index in [1.807, 2.05) is 65.3 Å². The van der Waals surface area contributed by atoms with Crippen molar-refractivity contribution >= 4 is 40.7 Å². The summed E-state index contributed by atoms with van der Waals surface area (Å²) in [7, 11) is 0. The normalized spacial score (nSPS) is 20.9. The standard InChI is InChI=1S/C39H38FN9O3/c40-26-5-1-4-24(20-26)31-7-3-17-47(31)36-13-12-34-41-22-33(49(34)45-36)30-6-2-8-35(43-30)46-18-15-27(16-19-46)42-28-9-10-29-25(21-28)23-48(39(29)52)32-11-14-37(50)44-38(32)51/h1-2,4-6,8-10,12-13,20-22,27,31-32,42H,3,7,11,14-19,23H2,(H,44,50,51)/t31-,32?/m1/s1. The van der Waals surface area contributed by atoms with Gasteiger partial charge < -0.3 is 20.0 Å². The average Bonchev–Trinajstić information content (AvgIpc) is 3.89. The number of fused-ring (bicyclic) bond motifs is 2. The minimum atomic E-state index is -0.623. The third-order valence-corrected chi connectivity index (χ3v) is 10.8. The molecule has 0 spiro atoms. The molecular weight excluding hydrogens is 661 g/mol. The zero-order chi connectivity index (χ0) is 35.3. The lowest BCUT2D eigenvalue weighted by atomic mass is 10.0. The van der Waals surface area contributed by atoms with Crippen LogP contribution < -0.4 is 20.4 Å². The fourth-order valence-electron chi connectivity index (χ4n) is 8.19. The molecule has 2 aromatic carbocycles. The Kier molecular flexibility index (Phi) is 8.05. The number of halogens is 1. The van der Waals surface area contributed by atoms with Crippen LogP contribution >= 0.6 is 0 Å². The number of imide groups is 1. The molecule has 3 aromatic heterocycles. The molecule has 2 atom stereocenters. The fourth-order valence-corrected chi connectivity index (χ4v) is 8.19. The minimum Gasteiger partial charge on any atom is -0.382 e. The monoisotopic (exact) mass is 699 g/mol. The highest BCUT2D eigenvalue weighted by Crippen LogP contribution is 2.36. The van der Waals surface area contributed by atoms with Crippen molar-refractivity contribution in [3.8, 4) is 11.4 Å². The highest BCUT2D eigenvalue weighted by atomic mass is 19.1. The second-order valence-electron chi connectivity index (χ2n) is 14.1. The first-order valence-corrected chi connectivity index (χ1v) is 18.0. The number of nitrogens with zero attached hydrogens (tertiary/aromatic N) is 7. The van der Waals surface area contributed by atoms with Crippen LogP contribution in [0.1, 0.15) is 66.1 Å². The van der Waals surface area contributed by atoms with Gasteiger partial charge in [0, 0.05) is 49.9 Å². The number of nitrogens with one attached hydrogen (secondary N) is 2. The first kappa shape index (κ1) is 32.1. The molecule has 4 aliphatic heterocycles. The maximum atomic E-state index is 14.1. The molecule has 4 aliphatic rings. The number of piperidine rings is 2. The second-order valence-corrected chi connectivity index (χ2v) is 14.1. The number of rotatable bonds is 7. The Morgan fingerprint density at radius 2 is 1.69 bits per heavy atom. The van der Waals surface area contributed by atoms with Crippen molar-refractivity contribution in [2.45, 2.75) is 63.2 Å². The van der Waals surface area contributed by atoms with E-state index in [9.17, 15) is 18.8 Å². The lowest BCUT2D eigenvalue weighted by Gasteiger charge is -2.33. The number of benzene rings is 2. The van der Waals surface area contributed by atoms with Gasteiger partial charge in [-0.2, -0.15) is 0 Å². The van der Waals surface area contributed by atoms with Crippen LogP contribution in [0.5, 0.6) is 0 Å². The Hall–Kier alpha value is -5.85. The predicted molar refractivity (Wildman–Crippen MR) is 193 cm³/mol. The topological polar surface area (TPSA) is 128 Å². The quantitative estimate of drug-likeness (QED) is 0.223. The SMILES string of the molecule is O=C1CCC(N2Cc3cc(NC4CCN(c5cccc(-c6cnc7ccc(N8CCC[C@@H]8c8cccc(F)c8)nn67)n5)CC4)ccc3C2=O)C(=O)N1. The first-order chi connectivity index (χ1) is 25.4. The Labute approximate surface area is 299 Å². The molecule has 1 unspecified atom stereocenters. The van der Waals surface area contributed by atoms with Crippen molar-refractivity contribution < 1.29 is 18.8 Å². The van der Waals surface area contributed by atoms with E-state index in [2.05, 4.69) is 25.4 Å². The van der Waals surface area contributed by atoms with Crippen LogP contribution in [0.25, 0.3) is 17.0 Å². The van der Waals surface area contributed by atoms with Crippen LogP contribution in [0, 0.1) is 5.82 Å². The summed E-state index contributed by atoms with van der Waals surface area (Å²) in [5, 5.41) is 11.0.